The van der Waals surface area contributed by atoms with Gasteiger partial charge in [-0.05, 0) is 57.6 Å². The SMILES string of the molecule is CC(C)NC(=O)N1CCCCC[C@H]1C1CCN(c2cccc(F)c2C#N)CC1. The molecular formula is C22H31FN4O. The number of piperidine rings is 1. The number of carbonyl (C=O) groups is 1. The molecule has 3 rings (SSSR count). The Morgan fingerprint density at radius 1 is 1.18 bits per heavy atom. The summed E-state index contributed by atoms with van der Waals surface area (Å²) < 4.78 is 14.0. The van der Waals surface area contributed by atoms with Crippen molar-refractivity contribution in [3.8, 4) is 6.07 Å². The highest BCUT2D eigenvalue weighted by Gasteiger charge is 2.34. The van der Waals surface area contributed by atoms with Gasteiger partial charge in [0.05, 0.1) is 5.69 Å². The van der Waals surface area contributed by atoms with Gasteiger partial charge in [0.1, 0.15) is 17.4 Å². The number of carbonyl (C=O) groups excluding carboxylic acids is 1. The lowest BCUT2D eigenvalue weighted by atomic mass is 9.86. The van der Waals surface area contributed by atoms with E-state index in [9.17, 15) is 14.4 Å². The van der Waals surface area contributed by atoms with Crippen molar-refractivity contribution in [2.45, 2.75) is 64.5 Å². The molecule has 28 heavy (non-hydrogen) atoms. The number of nitrogens with zero attached hydrogens (tertiary/aromatic N) is 3. The van der Waals surface area contributed by atoms with Crippen LogP contribution in [-0.4, -0.2) is 42.6 Å². The fourth-order valence-electron chi connectivity index (χ4n) is 4.62. The monoisotopic (exact) mass is 386 g/mol. The van der Waals surface area contributed by atoms with E-state index in [-0.39, 0.29) is 23.7 Å². The summed E-state index contributed by atoms with van der Waals surface area (Å²) in [6.07, 6.45) is 6.37. The molecule has 2 saturated heterocycles. The standard InChI is InChI=1S/C22H31FN4O/c1-16(2)25-22(28)27-12-5-3-4-8-20(27)17-10-13-26(14-11-17)21-9-6-7-19(23)18(21)15-24/h6-7,9,16-17,20H,3-5,8,10-14H2,1-2H3,(H,25,28)/t20-/m0/s1. The molecule has 0 radical (unpaired) electrons. The van der Waals surface area contributed by atoms with Crippen molar-refractivity contribution in [3.63, 3.8) is 0 Å². The quantitative estimate of drug-likeness (QED) is 0.844. The van der Waals surface area contributed by atoms with Crippen LogP contribution in [0.5, 0.6) is 0 Å². The van der Waals surface area contributed by atoms with Gasteiger partial charge in [-0.25, -0.2) is 9.18 Å². The van der Waals surface area contributed by atoms with Crippen molar-refractivity contribution in [1.82, 2.24) is 10.2 Å². The Morgan fingerprint density at radius 2 is 1.93 bits per heavy atom. The fraction of sp³-hybridized carbons (Fsp3) is 0.636. The Hall–Kier alpha value is -2.29. The molecule has 1 atom stereocenters. The highest BCUT2D eigenvalue weighted by molar-refractivity contribution is 5.75. The van der Waals surface area contributed by atoms with Gasteiger partial charge >= 0.3 is 6.03 Å². The first kappa shape index (κ1) is 20.4. The minimum absolute atomic E-state index is 0.0567. The smallest absolute Gasteiger partial charge is 0.317 e. The average molecular weight is 387 g/mol. The van der Waals surface area contributed by atoms with E-state index in [0.717, 1.165) is 45.3 Å². The van der Waals surface area contributed by atoms with Crippen molar-refractivity contribution in [3.05, 3.63) is 29.6 Å². The molecule has 0 spiro atoms. The third-order valence-electron chi connectivity index (χ3n) is 6.00. The first-order valence-corrected chi connectivity index (χ1v) is 10.5. The third-order valence-corrected chi connectivity index (χ3v) is 6.00. The predicted octanol–water partition coefficient (Wildman–Crippen LogP) is 4.28. The number of hydrogen-bond acceptors (Lipinski definition) is 3. The topological polar surface area (TPSA) is 59.4 Å². The number of nitriles is 1. The number of rotatable bonds is 3. The van der Waals surface area contributed by atoms with Gasteiger partial charge in [0.2, 0.25) is 0 Å². The number of halogens is 1. The summed E-state index contributed by atoms with van der Waals surface area (Å²) in [5.74, 6) is -0.00576. The third kappa shape index (κ3) is 4.57. The molecule has 6 heteroatoms. The van der Waals surface area contributed by atoms with E-state index in [0.29, 0.717) is 11.6 Å². The van der Waals surface area contributed by atoms with Crippen LogP contribution in [0.4, 0.5) is 14.9 Å². The summed E-state index contributed by atoms with van der Waals surface area (Å²) in [5, 5.41) is 12.4. The molecule has 0 aliphatic carbocycles. The maximum absolute atomic E-state index is 14.0. The lowest BCUT2D eigenvalue weighted by Gasteiger charge is -2.41. The summed E-state index contributed by atoms with van der Waals surface area (Å²) in [6, 6.07) is 7.30. The van der Waals surface area contributed by atoms with Crippen molar-refractivity contribution in [1.29, 1.82) is 5.26 Å². The first-order valence-electron chi connectivity index (χ1n) is 10.5. The summed E-state index contributed by atoms with van der Waals surface area (Å²) >= 11 is 0. The van der Waals surface area contributed by atoms with Gasteiger partial charge in [0.15, 0.2) is 0 Å². The lowest BCUT2D eigenvalue weighted by molar-refractivity contribution is 0.135. The van der Waals surface area contributed by atoms with Crippen LogP contribution in [0.1, 0.15) is 57.9 Å². The largest absolute Gasteiger partial charge is 0.370 e. The summed E-state index contributed by atoms with van der Waals surface area (Å²) in [7, 11) is 0. The van der Waals surface area contributed by atoms with E-state index in [1.54, 1.807) is 6.07 Å². The van der Waals surface area contributed by atoms with Crippen LogP contribution in [0.15, 0.2) is 18.2 Å². The number of benzene rings is 1. The van der Waals surface area contributed by atoms with E-state index < -0.39 is 5.82 Å². The van der Waals surface area contributed by atoms with Gasteiger partial charge in [-0.2, -0.15) is 5.26 Å². The second-order valence-electron chi connectivity index (χ2n) is 8.28. The Morgan fingerprint density at radius 3 is 2.61 bits per heavy atom. The first-order chi connectivity index (χ1) is 13.5. The number of amides is 2. The molecule has 2 amide bonds. The second kappa shape index (κ2) is 9.27. The minimum Gasteiger partial charge on any atom is -0.370 e. The van der Waals surface area contributed by atoms with Crippen LogP contribution in [0.2, 0.25) is 0 Å². The van der Waals surface area contributed by atoms with E-state index in [1.807, 2.05) is 26.0 Å². The van der Waals surface area contributed by atoms with Crippen LogP contribution in [0.25, 0.3) is 0 Å². The summed E-state index contributed by atoms with van der Waals surface area (Å²) in [5.41, 5.74) is 0.824. The van der Waals surface area contributed by atoms with Gasteiger partial charge in [0.25, 0.3) is 0 Å². The summed E-state index contributed by atoms with van der Waals surface area (Å²) in [6.45, 7) is 6.40. The average Bonchev–Trinajstić information content (AvgIpc) is 2.93. The number of hydrogen-bond donors (Lipinski definition) is 1. The molecule has 1 N–H and O–H groups in total. The van der Waals surface area contributed by atoms with Crippen LogP contribution in [0.3, 0.4) is 0 Å². The van der Waals surface area contributed by atoms with Gasteiger partial charge in [-0.3, -0.25) is 0 Å². The van der Waals surface area contributed by atoms with E-state index in [4.69, 9.17) is 0 Å². The molecule has 1 aromatic rings. The molecule has 152 valence electrons. The van der Waals surface area contributed by atoms with Crippen molar-refractivity contribution in [2.75, 3.05) is 24.5 Å². The predicted molar refractivity (Wildman–Crippen MR) is 109 cm³/mol. The molecule has 0 saturated carbocycles. The fourth-order valence-corrected chi connectivity index (χ4v) is 4.62. The van der Waals surface area contributed by atoms with Crippen LogP contribution < -0.4 is 10.2 Å². The highest BCUT2D eigenvalue weighted by Crippen LogP contribution is 2.33. The van der Waals surface area contributed by atoms with E-state index in [2.05, 4.69) is 15.1 Å². The number of anilines is 1. The zero-order valence-corrected chi connectivity index (χ0v) is 17.0. The van der Waals surface area contributed by atoms with Crippen LogP contribution in [0, 0.1) is 23.1 Å². The zero-order valence-electron chi connectivity index (χ0n) is 17.0. The molecular weight excluding hydrogens is 355 g/mol. The Bertz CT molecular complexity index is 722. The highest BCUT2D eigenvalue weighted by atomic mass is 19.1. The van der Waals surface area contributed by atoms with Gasteiger partial charge in [-0.1, -0.05) is 18.9 Å². The lowest BCUT2D eigenvalue weighted by Crippen LogP contribution is -2.52. The van der Waals surface area contributed by atoms with Crippen molar-refractivity contribution in [2.24, 2.45) is 5.92 Å². The molecule has 2 heterocycles. The van der Waals surface area contributed by atoms with E-state index in [1.165, 1.54) is 18.9 Å². The number of nitrogens with one attached hydrogen (secondary N) is 1. The Kier molecular flexibility index (Phi) is 6.77. The van der Waals surface area contributed by atoms with Gasteiger partial charge < -0.3 is 15.1 Å². The summed E-state index contributed by atoms with van der Waals surface area (Å²) in [4.78, 5) is 16.9. The maximum Gasteiger partial charge on any atom is 0.317 e. The second-order valence-corrected chi connectivity index (χ2v) is 8.28. The van der Waals surface area contributed by atoms with E-state index >= 15 is 0 Å². The number of likely N-dealkylation sites (tertiary alicyclic amines) is 1. The normalized spacial score (nSPS) is 21.3. The minimum atomic E-state index is -0.456. The van der Waals surface area contributed by atoms with Gasteiger partial charge in [-0.15, -0.1) is 0 Å². The maximum atomic E-state index is 14.0. The Labute approximate surface area is 167 Å². The molecule has 2 fully saturated rings. The Balaban J connectivity index is 1.69. The van der Waals surface area contributed by atoms with Crippen molar-refractivity contribution < 1.29 is 9.18 Å². The molecule has 2 aliphatic rings. The van der Waals surface area contributed by atoms with Crippen LogP contribution >= 0.6 is 0 Å². The molecule has 0 bridgehead atoms. The zero-order chi connectivity index (χ0) is 20.1. The molecule has 0 aromatic heterocycles. The number of urea groups is 1. The van der Waals surface area contributed by atoms with Crippen LogP contribution in [-0.2, 0) is 0 Å². The molecule has 2 aliphatic heterocycles. The van der Waals surface area contributed by atoms with Crippen molar-refractivity contribution >= 4 is 11.7 Å². The molecule has 0 unspecified atom stereocenters. The molecule has 1 aromatic carbocycles. The van der Waals surface area contributed by atoms with Gasteiger partial charge in [0, 0.05) is 31.7 Å². The molecule has 5 nitrogen and oxygen atoms in total.